The standard InChI is InChI=1S/C25H30ClNO2/c1-15(2)19-10-12-25(3)13-11-20-21(23(19)25)9-4-16(14-22(20)28)24(29)27-18-7-5-17(26)6-8-18/h4-9,15,20,22,28H,10-14H2,1-3H3,(H,27,29). The number of amides is 1. The molecule has 0 saturated heterocycles. The molecule has 0 spiro atoms. The Hall–Kier alpha value is -1.84. The Labute approximate surface area is 178 Å². The zero-order valence-corrected chi connectivity index (χ0v) is 18.2. The summed E-state index contributed by atoms with van der Waals surface area (Å²) in [7, 11) is 0. The van der Waals surface area contributed by atoms with Gasteiger partial charge in [-0.05, 0) is 72.4 Å². The number of aliphatic hydroxyl groups is 1. The first-order valence-corrected chi connectivity index (χ1v) is 11.1. The summed E-state index contributed by atoms with van der Waals surface area (Å²) in [5, 5.41) is 14.6. The van der Waals surface area contributed by atoms with Crippen LogP contribution in [0.3, 0.4) is 0 Å². The molecule has 0 aromatic heterocycles. The third-order valence-corrected chi connectivity index (χ3v) is 7.27. The van der Waals surface area contributed by atoms with Crippen molar-refractivity contribution in [2.45, 2.75) is 59.0 Å². The van der Waals surface area contributed by atoms with Gasteiger partial charge in [-0.1, -0.05) is 50.1 Å². The summed E-state index contributed by atoms with van der Waals surface area (Å²) in [6.07, 6.45) is 8.35. The Morgan fingerprint density at radius 3 is 2.62 bits per heavy atom. The lowest BCUT2D eigenvalue weighted by Crippen LogP contribution is -2.33. The number of rotatable bonds is 3. The van der Waals surface area contributed by atoms with Gasteiger partial charge < -0.3 is 10.4 Å². The van der Waals surface area contributed by atoms with E-state index in [2.05, 4.69) is 32.2 Å². The largest absolute Gasteiger partial charge is 0.392 e. The molecule has 0 radical (unpaired) electrons. The predicted molar refractivity (Wildman–Crippen MR) is 119 cm³/mol. The van der Waals surface area contributed by atoms with Crippen molar-refractivity contribution in [1.29, 1.82) is 0 Å². The highest BCUT2D eigenvalue weighted by Gasteiger charge is 2.46. The second-order valence-electron chi connectivity index (χ2n) is 9.31. The smallest absolute Gasteiger partial charge is 0.251 e. The average Bonchev–Trinajstić information content (AvgIpc) is 2.95. The van der Waals surface area contributed by atoms with Crippen molar-refractivity contribution < 1.29 is 9.90 Å². The molecule has 0 bridgehead atoms. The molecule has 1 aromatic carbocycles. The minimum absolute atomic E-state index is 0.113. The summed E-state index contributed by atoms with van der Waals surface area (Å²) in [6.45, 7) is 6.92. The monoisotopic (exact) mass is 411 g/mol. The maximum atomic E-state index is 12.9. The third kappa shape index (κ3) is 3.83. The molecule has 1 saturated carbocycles. The van der Waals surface area contributed by atoms with E-state index < -0.39 is 6.10 Å². The number of aliphatic hydroxyl groups excluding tert-OH is 1. The summed E-state index contributed by atoms with van der Waals surface area (Å²) in [5.74, 6) is 0.472. The Balaban J connectivity index is 1.66. The van der Waals surface area contributed by atoms with Crippen LogP contribution in [0.25, 0.3) is 0 Å². The highest BCUT2D eigenvalue weighted by molar-refractivity contribution is 6.30. The second kappa shape index (κ2) is 7.77. The summed E-state index contributed by atoms with van der Waals surface area (Å²) in [5.41, 5.74) is 5.82. The van der Waals surface area contributed by atoms with E-state index in [1.165, 1.54) is 23.1 Å². The predicted octanol–water partition coefficient (Wildman–Crippen LogP) is 6.06. The van der Waals surface area contributed by atoms with Gasteiger partial charge in [0, 0.05) is 28.6 Å². The highest BCUT2D eigenvalue weighted by Crippen LogP contribution is 2.57. The summed E-state index contributed by atoms with van der Waals surface area (Å²) < 4.78 is 0. The molecular weight excluding hydrogens is 382 g/mol. The van der Waals surface area contributed by atoms with Gasteiger partial charge in [0.1, 0.15) is 0 Å². The van der Waals surface area contributed by atoms with Gasteiger partial charge in [-0.15, -0.1) is 0 Å². The molecule has 3 aliphatic rings. The van der Waals surface area contributed by atoms with E-state index in [9.17, 15) is 9.90 Å². The summed E-state index contributed by atoms with van der Waals surface area (Å²) in [6, 6.07) is 7.08. The van der Waals surface area contributed by atoms with Crippen LogP contribution < -0.4 is 5.32 Å². The van der Waals surface area contributed by atoms with Gasteiger partial charge >= 0.3 is 0 Å². The molecule has 154 valence electrons. The summed E-state index contributed by atoms with van der Waals surface area (Å²) in [4.78, 5) is 12.9. The molecule has 1 amide bonds. The molecule has 3 nitrogen and oxygen atoms in total. The molecule has 3 atom stereocenters. The number of halogens is 1. The third-order valence-electron chi connectivity index (χ3n) is 7.01. The van der Waals surface area contributed by atoms with Crippen LogP contribution in [0.2, 0.25) is 5.02 Å². The van der Waals surface area contributed by atoms with Gasteiger partial charge in [-0.25, -0.2) is 0 Å². The topological polar surface area (TPSA) is 49.3 Å². The van der Waals surface area contributed by atoms with Gasteiger partial charge in [-0.2, -0.15) is 0 Å². The van der Waals surface area contributed by atoms with E-state index in [0.717, 1.165) is 19.3 Å². The number of hydrogen-bond acceptors (Lipinski definition) is 2. The fourth-order valence-corrected chi connectivity index (χ4v) is 5.50. The number of carbonyl (C=O) groups is 1. The number of allylic oxidation sites excluding steroid dienone is 4. The van der Waals surface area contributed by atoms with E-state index in [1.54, 1.807) is 24.3 Å². The molecule has 0 aliphatic heterocycles. The van der Waals surface area contributed by atoms with Crippen LogP contribution in [-0.4, -0.2) is 17.1 Å². The van der Waals surface area contributed by atoms with E-state index >= 15 is 0 Å². The maximum Gasteiger partial charge on any atom is 0.251 e. The molecule has 29 heavy (non-hydrogen) atoms. The Kier molecular flexibility index (Phi) is 5.48. The Bertz CT molecular complexity index is 909. The van der Waals surface area contributed by atoms with Crippen LogP contribution in [0.15, 0.2) is 58.7 Å². The lowest BCUT2D eigenvalue weighted by atomic mass is 9.64. The van der Waals surface area contributed by atoms with Crippen molar-refractivity contribution in [2.24, 2.45) is 17.3 Å². The molecular formula is C25H30ClNO2. The fourth-order valence-electron chi connectivity index (χ4n) is 5.37. The molecule has 4 rings (SSSR count). The molecule has 1 aromatic rings. The van der Waals surface area contributed by atoms with E-state index in [-0.39, 0.29) is 17.2 Å². The van der Waals surface area contributed by atoms with Crippen LogP contribution in [-0.2, 0) is 4.79 Å². The Morgan fingerprint density at radius 2 is 1.93 bits per heavy atom. The zero-order valence-electron chi connectivity index (χ0n) is 17.5. The maximum absolute atomic E-state index is 12.9. The van der Waals surface area contributed by atoms with Crippen molar-refractivity contribution in [2.75, 3.05) is 5.32 Å². The molecule has 0 heterocycles. The van der Waals surface area contributed by atoms with Crippen molar-refractivity contribution in [3.8, 4) is 0 Å². The number of fused-ring (bicyclic) bond motifs is 3. The zero-order chi connectivity index (χ0) is 20.8. The van der Waals surface area contributed by atoms with E-state index in [0.29, 0.717) is 28.6 Å². The first kappa shape index (κ1) is 20.4. The van der Waals surface area contributed by atoms with Gasteiger partial charge in [0.15, 0.2) is 0 Å². The van der Waals surface area contributed by atoms with Crippen LogP contribution in [0.1, 0.15) is 52.9 Å². The number of anilines is 1. The lowest BCUT2D eigenvalue weighted by molar-refractivity contribution is -0.113. The first-order valence-electron chi connectivity index (χ1n) is 10.7. The van der Waals surface area contributed by atoms with Gasteiger partial charge in [0.05, 0.1) is 6.10 Å². The molecule has 3 aliphatic carbocycles. The van der Waals surface area contributed by atoms with Gasteiger partial charge in [0.2, 0.25) is 0 Å². The van der Waals surface area contributed by atoms with Crippen molar-refractivity contribution in [3.05, 3.63) is 63.7 Å². The van der Waals surface area contributed by atoms with Gasteiger partial charge in [0.25, 0.3) is 5.91 Å². The van der Waals surface area contributed by atoms with Crippen LogP contribution in [0, 0.1) is 17.3 Å². The number of nitrogens with one attached hydrogen (secondary N) is 1. The number of hydrogen-bond donors (Lipinski definition) is 2. The quantitative estimate of drug-likeness (QED) is 0.635. The van der Waals surface area contributed by atoms with Crippen LogP contribution in [0.4, 0.5) is 5.69 Å². The molecule has 2 N–H and O–H groups in total. The second-order valence-corrected chi connectivity index (χ2v) is 9.74. The average molecular weight is 412 g/mol. The molecule has 4 heteroatoms. The summed E-state index contributed by atoms with van der Waals surface area (Å²) >= 11 is 5.93. The normalized spacial score (nSPS) is 29.0. The van der Waals surface area contributed by atoms with E-state index in [4.69, 9.17) is 11.6 Å². The van der Waals surface area contributed by atoms with E-state index in [1.807, 2.05) is 6.08 Å². The minimum atomic E-state index is -0.531. The molecule has 1 fully saturated rings. The number of benzene rings is 1. The van der Waals surface area contributed by atoms with Crippen molar-refractivity contribution in [3.63, 3.8) is 0 Å². The lowest BCUT2D eigenvalue weighted by Gasteiger charge is -2.41. The highest BCUT2D eigenvalue weighted by atomic mass is 35.5. The SMILES string of the molecule is CC(C)C1=C2C3=CC=C(C(=O)Nc4ccc(Cl)cc4)CC(O)C3CCC2(C)CC1. The number of carbonyl (C=O) groups excluding carboxylic acids is 1. The fraction of sp³-hybridized carbons (Fsp3) is 0.480. The van der Waals surface area contributed by atoms with Crippen LogP contribution >= 0.6 is 11.6 Å². The van der Waals surface area contributed by atoms with Crippen LogP contribution in [0.5, 0.6) is 0 Å². The Morgan fingerprint density at radius 1 is 1.21 bits per heavy atom. The van der Waals surface area contributed by atoms with Crippen molar-refractivity contribution in [1.82, 2.24) is 0 Å². The molecule has 3 unspecified atom stereocenters. The van der Waals surface area contributed by atoms with Gasteiger partial charge in [-0.3, -0.25) is 4.79 Å². The first-order chi connectivity index (χ1) is 13.8. The van der Waals surface area contributed by atoms with Crippen molar-refractivity contribution >= 4 is 23.2 Å². The minimum Gasteiger partial charge on any atom is -0.392 e.